The number of fused-ring (bicyclic) bond motifs is 3. The van der Waals surface area contributed by atoms with Crippen molar-refractivity contribution >= 4 is 23.2 Å². The van der Waals surface area contributed by atoms with Crippen LogP contribution in [0, 0.1) is 0 Å². The molecule has 0 saturated heterocycles. The molecule has 17 heavy (non-hydrogen) atoms. The second-order valence-corrected chi connectivity index (χ2v) is 4.90. The molecule has 1 unspecified atom stereocenters. The highest BCUT2D eigenvalue weighted by Crippen LogP contribution is 2.49. The molecule has 1 atom stereocenters. The quantitative estimate of drug-likeness (QED) is 0.762. The summed E-state index contributed by atoms with van der Waals surface area (Å²) >= 11 is 11.8. The van der Waals surface area contributed by atoms with Crippen LogP contribution in [0.25, 0.3) is 11.1 Å². The van der Waals surface area contributed by atoms with E-state index < -0.39 is 6.10 Å². The molecule has 4 heteroatoms. The van der Waals surface area contributed by atoms with Gasteiger partial charge in [0.05, 0.1) is 0 Å². The summed E-state index contributed by atoms with van der Waals surface area (Å²) in [5.41, 5.74) is 2.75. The summed E-state index contributed by atoms with van der Waals surface area (Å²) in [4.78, 5) is 0. The molecule has 2 aromatic rings. The molecular weight excluding hydrogens is 259 g/mol. The van der Waals surface area contributed by atoms with Crippen molar-refractivity contribution in [2.45, 2.75) is 6.10 Å². The minimum Gasteiger partial charge on any atom is -0.507 e. The third-order valence-corrected chi connectivity index (χ3v) is 3.44. The first-order chi connectivity index (χ1) is 8.08. The van der Waals surface area contributed by atoms with E-state index in [1.807, 2.05) is 0 Å². The van der Waals surface area contributed by atoms with E-state index in [0.717, 1.165) is 5.56 Å². The molecule has 86 valence electrons. The number of hydrogen-bond acceptors (Lipinski definition) is 2. The number of aliphatic hydroxyl groups excluding tert-OH is 1. The van der Waals surface area contributed by atoms with Gasteiger partial charge >= 0.3 is 0 Å². The second kappa shape index (κ2) is 3.64. The Hall–Kier alpha value is -1.22. The van der Waals surface area contributed by atoms with E-state index in [0.29, 0.717) is 26.7 Å². The third kappa shape index (κ3) is 1.53. The smallest absolute Gasteiger partial charge is 0.125 e. The first-order valence-corrected chi connectivity index (χ1v) is 5.84. The van der Waals surface area contributed by atoms with Crippen LogP contribution in [0.1, 0.15) is 17.2 Å². The van der Waals surface area contributed by atoms with Crippen LogP contribution in [0.4, 0.5) is 0 Å². The number of rotatable bonds is 0. The number of aromatic hydroxyl groups is 1. The lowest BCUT2D eigenvalue weighted by Crippen LogP contribution is -1.93. The number of hydrogen-bond donors (Lipinski definition) is 2. The minimum atomic E-state index is -0.789. The Morgan fingerprint density at radius 2 is 1.65 bits per heavy atom. The van der Waals surface area contributed by atoms with Gasteiger partial charge in [0, 0.05) is 15.6 Å². The Labute approximate surface area is 108 Å². The van der Waals surface area contributed by atoms with Gasteiger partial charge in [-0.15, -0.1) is 0 Å². The highest BCUT2D eigenvalue weighted by atomic mass is 35.5. The lowest BCUT2D eigenvalue weighted by molar-refractivity contribution is 0.225. The predicted octanol–water partition coefficient (Wildman–Crippen LogP) is 3.76. The fraction of sp³-hybridized carbons (Fsp3) is 0.0769. The van der Waals surface area contributed by atoms with Crippen molar-refractivity contribution in [1.82, 2.24) is 0 Å². The Bertz CT molecular complexity index is 623. The van der Waals surface area contributed by atoms with Crippen LogP contribution in [0.2, 0.25) is 10.0 Å². The van der Waals surface area contributed by atoms with Gasteiger partial charge in [0.2, 0.25) is 0 Å². The minimum absolute atomic E-state index is 0.0765. The van der Waals surface area contributed by atoms with Gasteiger partial charge < -0.3 is 10.2 Å². The zero-order valence-corrected chi connectivity index (χ0v) is 10.1. The largest absolute Gasteiger partial charge is 0.507 e. The second-order valence-electron chi connectivity index (χ2n) is 4.02. The van der Waals surface area contributed by atoms with E-state index >= 15 is 0 Å². The summed E-state index contributed by atoms with van der Waals surface area (Å²) in [5.74, 6) is 0.0765. The molecule has 0 bridgehead atoms. The average molecular weight is 267 g/mol. The van der Waals surface area contributed by atoms with Crippen LogP contribution in [0.15, 0.2) is 30.3 Å². The zero-order chi connectivity index (χ0) is 12.2. The van der Waals surface area contributed by atoms with Crippen LogP contribution in [-0.2, 0) is 0 Å². The number of phenols is 1. The first kappa shape index (κ1) is 10.9. The molecule has 0 saturated carbocycles. The van der Waals surface area contributed by atoms with Gasteiger partial charge in [-0.1, -0.05) is 29.3 Å². The molecule has 3 rings (SSSR count). The van der Waals surface area contributed by atoms with Crippen LogP contribution >= 0.6 is 23.2 Å². The van der Waals surface area contributed by atoms with E-state index in [-0.39, 0.29) is 5.75 Å². The van der Waals surface area contributed by atoms with Crippen molar-refractivity contribution in [3.8, 4) is 16.9 Å². The summed E-state index contributed by atoms with van der Waals surface area (Å²) in [5, 5.41) is 21.1. The lowest BCUT2D eigenvalue weighted by atomic mass is 10.1. The SMILES string of the molecule is Oc1cc(Cl)cc2c1-c1ccc(Cl)cc1C2O. The van der Waals surface area contributed by atoms with Crippen molar-refractivity contribution in [3.05, 3.63) is 51.5 Å². The maximum atomic E-state index is 10.2. The summed E-state index contributed by atoms with van der Waals surface area (Å²) in [6, 6.07) is 8.36. The Balaban J connectivity index is 2.35. The molecule has 0 amide bonds. The van der Waals surface area contributed by atoms with Crippen molar-refractivity contribution in [3.63, 3.8) is 0 Å². The number of aliphatic hydroxyl groups is 1. The first-order valence-electron chi connectivity index (χ1n) is 5.08. The molecular formula is C13H8Cl2O2. The molecule has 0 fully saturated rings. The van der Waals surface area contributed by atoms with Crippen molar-refractivity contribution in [2.75, 3.05) is 0 Å². The van der Waals surface area contributed by atoms with Crippen LogP contribution in [-0.4, -0.2) is 10.2 Å². The highest BCUT2D eigenvalue weighted by molar-refractivity contribution is 6.31. The third-order valence-electron chi connectivity index (χ3n) is 2.98. The summed E-state index contributed by atoms with van der Waals surface area (Å²) in [6.45, 7) is 0. The van der Waals surface area contributed by atoms with Gasteiger partial charge in [0.15, 0.2) is 0 Å². The van der Waals surface area contributed by atoms with Gasteiger partial charge in [0.25, 0.3) is 0 Å². The van der Waals surface area contributed by atoms with Gasteiger partial charge in [-0.05, 0) is 41.0 Å². The molecule has 2 aromatic carbocycles. The standard InChI is InChI=1S/C13H8Cl2O2/c14-6-1-2-8-9(3-6)13(17)10-4-7(15)5-11(16)12(8)10/h1-5,13,16-17H. The lowest BCUT2D eigenvalue weighted by Gasteiger charge is -2.06. The predicted molar refractivity (Wildman–Crippen MR) is 67.6 cm³/mol. The molecule has 2 nitrogen and oxygen atoms in total. The highest BCUT2D eigenvalue weighted by Gasteiger charge is 2.30. The Kier molecular flexibility index (Phi) is 2.33. The van der Waals surface area contributed by atoms with Gasteiger partial charge in [0.1, 0.15) is 11.9 Å². The van der Waals surface area contributed by atoms with E-state index in [1.165, 1.54) is 6.07 Å². The molecule has 2 N–H and O–H groups in total. The number of phenolic OH excluding ortho intramolecular Hbond substituents is 1. The van der Waals surface area contributed by atoms with Crippen molar-refractivity contribution < 1.29 is 10.2 Å². The Morgan fingerprint density at radius 1 is 0.941 bits per heavy atom. The summed E-state index contributed by atoms with van der Waals surface area (Å²) in [7, 11) is 0. The van der Waals surface area contributed by atoms with Crippen LogP contribution in [0.3, 0.4) is 0 Å². The average Bonchev–Trinajstić information content (AvgIpc) is 2.53. The van der Waals surface area contributed by atoms with Crippen LogP contribution < -0.4 is 0 Å². The Morgan fingerprint density at radius 3 is 2.41 bits per heavy atom. The summed E-state index contributed by atoms with van der Waals surface area (Å²) in [6.07, 6.45) is -0.789. The molecule has 0 spiro atoms. The van der Waals surface area contributed by atoms with Crippen molar-refractivity contribution in [1.29, 1.82) is 0 Å². The van der Waals surface area contributed by atoms with E-state index in [1.54, 1.807) is 24.3 Å². The fourth-order valence-corrected chi connectivity index (χ4v) is 2.68. The fourth-order valence-electron chi connectivity index (χ4n) is 2.28. The number of halogens is 2. The van der Waals surface area contributed by atoms with Gasteiger partial charge in [-0.3, -0.25) is 0 Å². The molecule has 0 aromatic heterocycles. The molecule has 1 aliphatic rings. The van der Waals surface area contributed by atoms with Crippen molar-refractivity contribution in [2.24, 2.45) is 0 Å². The molecule has 1 aliphatic carbocycles. The monoisotopic (exact) mass is 266 g/mol. The van der Waals surface area contributed by atoms with Gasteiger partial charge in [-0.2, -0.15) is 0 Å². The van der Waals surface area contributed by atoms with E-state index in [2.05, 4.69) is 0 Å². The maximum Gasteiger partial charge on any atom is 0.125 e. The normalized spacial score (nSPS) is 16.8. The van der Waals surface area contributed by atoms with E-state index in [4.69, 9.17) is 23.2 Å². The number of benzene rings is 2. The zero-order valence-electron chi connectivity index (χ0n) is 8.61. The topological polar surface area (TPSA) is 40.5 Å². The van der Waals surface area contributed by atoms with Gasteiger partial charge in [-0.25, -0.2) is 0 Å². The maximum absolute atomic E-state index is 10.2. The molecule has 0 aliphatic heterocycles. The summed E-state index contributed by atoms with van der Waals surface area (Å²) < 4.78 is 0. The molecule has 0 radical (unpaired) electrons. The van der Waals surface area contributed by atoms with E-state index in [9.17, 15) is 10.2 Å². The molecule has 0 heterocycles. The van der Waals surface area contributed by atoms with Crippen LogP contribution in [0.5, 0.6) is 5.75 Å².